The van der Waals surface area contributed by atoms with Crippen molar-refractivity contribution < 1.29 is 37.9 Å². The van der Waals surface area contributed by atoms with E-state index in [-0.39, 0.29) is 32.1 Å². The van der Waals surface area contributed by atoms with E-state index in [0.717, 1.165) is 70.6 Å². The lowest BCUT2D eigenvalue weighted by Gasteiger charge is -2.15. The van der Waals surface area contributed by atoms with Crippen molar-refractivity contribution in [1.82, 2.24) is 5.32 Å². The lowest BCUT2D eigenvalue weighted by molar-refractivity contribution is -0.146. The van der Waals surface area contributed by atoms with Gasteiger partial charge in [-0.1, -0.05) is 169 Å². The molecule has 9 nitrogen and oxygen atoms in total. The van der Waals surface area contributed by atoms with E-state index in [2.05, 4.69) is 98.2 Å². The van der Waals surface area contributed by atoms with Gasteiger partial charge < -0.3 is 20.1 Å². The Morgan fingerprint density at radius 3 is 1.52 bits per heavy atom. The maximum atomic E-state index is 12.1. The summed E-state index contributed by atoms with van der Waals surface area (Å²) in [6, 6.07) is 0. The van der Waals surface area contributed by atoms with Gasteiger partial charge in [-0.15, -0.1) is 0 Å². The average molecular weight is 830 g/mol. The summed E-state index contributed by atoms with van der Waals surface area (Å²) in [6.45, 7) is 3.30. The highest BCUT2D eigenvalue weighted by atomic mass is 31.2. The summed E-state index contributed by atoms with van der Waals surface area (Å²) in [7, 11) is -4.45. The number of esters is 1. The third-order valence-corrected chi connectivity index (χ3v) is 9.77. The van der Waals surface area contributed by atoms with E-state index in [0.29, 0.717) is 12.8 Å². The van der Waals surface area contributed by atoms with Crippen molar-refractivity contribution in [3.63, 3.8) is 0 Å². The topological polar surface area (TPSA) is 131 Å². The van der Waals surface area contributed by atoms with E-state index in [1.54, 1.807) is 6.08 Å². The molecule has 0 aliphatic carbocycles. The van der Waals surface area contributed by atoms with Crippen LogP contribution in [0.4, 0.5) is 0 Å². The van der Waals surface area contributed by atoms with Gasteiger partial charge in [0.15, 0.2) is 0 Å². The zero-order valence-corrected chi connectivity index (χ0v) is 37.1. The molecule has 330 valence electrons. The summed E-state index contributed by atoms with van der Waals surface area (Å²) >= 11 is 0. The van der Waals surface area contributed by atoms with Crippen LogP contribution in [0.1, 0.15) is 162 Å². The van der Waals surface area contributed by atoms with Gasteiger partial charge in [0.1, 0.15) is 12.7 Å². The zero-order valence-electron chi connectivity index (χ0n) is 36.2. The molecule has 0 bridgehead atoms. The highest BCUT2D eigenvalue weighted by Gasteiger charge is 2.23. The van der Waals surface area contributed by atoms with E-state index in [9.17, 15) is 24.2 Å². The van der Waals surface area contributed by atoms with Gasteiger partial charge in [0, 0.05) is 13.0 Å². The molecule has 0 spiro atoms. The molecular weight excluding hydrogens is 750 g/mol. The molecule has 0 aromatic rings. The van der Waals surface area contributed by atoms with Crippen LogP contribution in [0.15, 0.2) is 97.2 Å². The van der Waals surface area contributed by atoms with E-state index < -0.39 is 26.5 Å². The van der Waals surface area contributed by atoms with Crippen LogP contribution >= 0.6 is 7.82 Å². The van der Waals surface area contributed by atoms with Gasteiger partial charge in [-0.25, -0.2) is 4.57 Å². The summed E-state index contributed by atoms with van der Waals surface area (Å²) in [5.74, 6) is -0.666. The molecule has 10 heteroatoms. The molecule has 0 aliphatic heterocycles. The lowest BCUT2D eigenvalue weighted by atomic mass is 10.1. The number of aliphatic hydroxyl groups is 1. The first-order valence-electron chi connectivity index (χ1n) is 22.2. The minimum absolute atomic E-state index is 0.0425. The van der Waals surface area contributed by atoms with Crippen molar-refractivity contribution in [2.75, 3.05) is 26.4 Å². The number of unbranched alkanes of at least 4 members (excludes halogenated alkanes) is 12. The molecule has 0 rings (SSSR count). The number of allylic oxidation sites excluding steroid dienone is 15. The van der Waals surface area contributed by atoms with Gasteiger partial charge in [0.25, 0.3) is 0 Å². The van der Waals surface area contributed by atoms with Gasteiger partial charge in [0.05, 0.1) is 19.6 Å². The Morgan fingerprint density at radius 2 is 1.02 bits per heavy atom. The summed E-state index contributed by atoms with van der Waals surface area (Å²) in [5.41, 5.74) is 0. The highest BCUT2D eigenvalue weighted by molar-refractivity contribution is 7.47. The zero-order chi connectivity index (χ0) is 42.5. The molecule has 0 aromatic heterocycles. The number of amides is 1. The Labute approximate surface area is 353 Å². The smallest absolute Gasteiger partial charge is 0.463 e. The van der Waals surface area contributed by atoms with E-state index in [1.807, 2.05) is 12.2 Å². The van der Waals surface area contributed by atoms with Gasteiger partial charge >= 0.3 is 13.8 Å². The second kappa shape index (κ2) is 43.5. The number of ether oxygens (including phenoxy) is 1. The van der Waals surface area contributed by atoms with Crippen LogP contribution in [0, 0.1) is 0 Å². The van der Waals surface area contributed by atoms with Gasteiger partial charge in [-0.05, 0) is 77.0 Å². The van der Waals surface area contributed by atoms with Gasteiger partial charge in [-0.3, -0.25) is 18.6 Å². The number of nitrogens with one attached hydrogen (secondary N) is 1. The molecular formula is C48H80NO8P. The number of carbonyl (C=O) groups excluding carboxylic acids is 2. The second-order valence-corrected chi connectivity index (χ2v) is 15.8. The largest absolute Gasteiger partial charge is 0.472 e. The number of aliphatic hydroxyl groups excluding tert-OH is 1. The lowest BCUT2D eigenvalue weighted by Crippen LogP contribution is -2.27. The maximum absolute atomic E-state index is 12.1. The van der Waals surface area contributed by atoms with Crippen molar-refractivity contribution in [1.29, 1.82) is 0 Å². The molecule has 0 aromatic carbocycles. The van der Waals surface area contributed by atoms with E-state index in [1.165, 1.54) is 57.8 Å². The van der Waals surface area contributed by atoms with Crippen LogP contribution in [0.25, 0.3) is 0 Å². The molecule has 0 heterocycles. The molecule has 2 atom stereocenters. The third-order valence-electron chi connectivity index (χ3n) is 8.78. The van der Waals surface area contributed by atoms with Crippen LogP contribution < -0.4 is 5.32 Å². The molecule has 58 heavy (non-hydrogen) atoms. The number of phosphoric acid groups is 1. The first kappa shape index (κ1) is 54.9. The predicted octanol–water partition coefficient (Wildman–Crippen LogP) is 12.6. The van der Waals surface area contributed by atoms with Crippen LogP contribution in [0.3, 0.4) is 0 Å². The standard InChI is InChI=1S/C48H80NO8P/c1-3-5-7-9-11-13-15-17-19-21-22-23-24-25-27-29-31-33-35-37-39-41-48(52)55-44-46(50)45-57-58(53,54)56-43-42-49-47(51)40-38-36-34-32-30-28-26-20-18-16-14-12-10-8-6-4-2/h5,7,11,13,17,19-20,22-23,25-27,31,33,37,39,46,50H,3-4,6,8-10,12,14-16,18,21,24,28-30,32,34-36,38,40-45H2,1-2H3,(H,49,51)(H,53,54)/b7-5-,13-11-,19-17-,23-22-,26-20-,27-25-,33-31-,39-37-. The van der Waals surface area contributed by atoms with Crippen molar-refractivity contribution in [3.05, 3.63) is 97.2 Å². The number of carbonyl (C=O) groups is 2. The average Bonchev–Trinajstić information content (AvgIpc) is 3.21. The minimum atomic E-state index is -4.45. The Morgan fingerprint density at radius 1 is 0.569 bits per heavy atom. The fourth-order valence-corrected chi connectivity index (χ4v) is 6.22. The molecule has 1 amide bonds. The second-order valence-electron chi connectivity index (χ2n) is 14.3. The molecule has 0 aliphatic rings. The fourth-order valence-electron chi connectivity index (χ4n) is 5.46. The number of phosphoric ester groups is 1. The molecule has 0 radical (unpaired) electrons. The molecule has 0 saturated carbocycles. The van der Waals surface area contributed by atoms with Gasteiger partial charge in [-0.2, -0.15) is 0 Å². The monoisotopic (exact) mass is 830 g/mol. The summed E-state index contributed by atoms with van der Waals surface area (Å²) in [4.78, 5) is 33.9. The maximum Gasteiger partial charge on any atom is 0.472 e. The normalized spacial score (nSPS) is 14.2. The van der Waals surface area contributed by atoms with Crippen LogP contribution in [0.5, 0.6) is 0 Å². The molecule has 2 unspecified atom stereocenters. The quantitative estimate of drug-likeness (QED) is 0.0241. The number of hydrogen-bond acceptors (Lipinski definition) is 7. The van der Waals surface area contributed by atoms with Crippen molar-refractivity contribution in [2.24, 2.45) is 0 Å². The predicted molar refractivity (Wildman–Crippen MR) is 242 cm³/mol. The first-order valence-corrected chi connectivity index (χ1v) is 23.7. The van der Waals surface area contributed by atoms with Crippen LogP contribution in [-0.4, -0.2) is 54.3 Å². The summed E-state index contributed by atoms with van der Waals surface area (Å²) in [6.07, 6.45) is 56.5. The number of rotatable bonds is 40. The summed E-state index contributed by atoms with van der Waals surface area (Å²) in [5, 5.41) is 12.7. The van der Waals surface area contributed by atoms with E-state index >= 15 is 0 Å². The highest BCUT2D eigenvalue weighted by Crippen LogP contribution is 2.42. The van der Waals surface area contributed by atoms with Crippen molar-refractivity contribution in [2.45, 2.75) is 168 Å². The first-order chi connectivity index (χ1) is 28.3. The van der Waals surface area contributed by atoms with Crippen molar-refractivity contribution >= 4 is 19.7 Å². The van der Waals surface area contributed by atoms with Crippen LogP contribution in [-0.2, 0) is 27.9 Å². The Kier molecular flexibility index (Phi) is 41.2. The molecule has 0 saturated heterocycles. The third kappa shape index (κ3) is 44.0. The summed E-state index contributed by atoms with van der Waals surface area (Å²) < 4.78 is 26.8. The minimum Gasteiger partial charge on any atom is -0.463 e. The molecule has 0 fully saturated rings. The Hall–Kier alpha value is -3.07. The SMILES string of the molecule is CC/C=C\C/C=C\C/C=C\C/C=C\C/C=C\C/C=C\C/C=C\CC(=O)OCC(O)COP(=O)(O)OCCNC(=O)CCCCCCC/C=C\CCCCCCCCC. The van der Waals surface area contributed by atoms with E-state index in [4.69, 9.17) is 13.8 Å². The Bertz CT molecular complexity index is 1270. The fraction of sp³-hybridized carbons (Fsp3) is 0.625. The Balaban J connectivity index is 3.76. The molecule has 3 N–H and O–H groups in total. The van der Waals surface area contributed by atoms with Crippen molar-refractivity contribution in [3.8, 4) is 0 Å². The van der Waals surface area contributed by atoms with Crippen LogP contribution in [0.2, 0.25) is 0 Å². The van der Waals surface area contributed by atoms with Gasteiger partial charge in [0.2, 0.25) is 5.91 Å². The number of hydrogen-bond donors (Lipinski definition) is 3.